The summed E-state index contributed by atoms with van der Waals surface area (Å²) < 4.78 is 11.6. The zero-order valence-corrected chi connectivity index (χ0v) is 13.1. The fourth-order valence-electron chi connectivity index (χ4n) is 1.75. The lowest BCUT2D eigenvalue weighted by Crippen LogP contribution is -2.20. The van der Waals surface area contributed by atoms with E-state index in [-0.39, 0.29) is 5.41 Å². The van der Waals surface area contributed by atoms with Crippen molar-refractivity contribution in [2.75, 3.05) is 6.61 Å². The van der Waals surface area contributed by atoms with Gasteiger partial charge >= 0.3 is 0 Å². The second-order valence-corrected chi connectivity index (χ2v) is 6.05. The molecule has 0 unspecified atom stereocenters. The summed E-state index contributed by atoms with van der Waals surface area (Å²) in [6.45, 7) is 7.93. The highest BCUT2D eigenvalue weighted by molar-refractivity contribution is 5.31. The van der Waals surface area contributed by atoms with E-state index in [4.69, 9.17) is 9.47 Å². The summed E-state index contributed by atoms with van der Waals surface area (Å²) in [5.41, 5.74) is 1.38. The Labute approximate surface area is 127 Å². The second kappa shape index (κ2) is 7.16. The van der Waals surface area contributed by atoms with Gasteiger partial charge in [0.05, 0.1) is 6.61 Å². The van der Waals surface area contributed by atoms with Crippen molar-refractivity contribution >= 4 is 0 Å². The fourth-order valence-corrected chi connectivity index (χ4v) is 1.75. The van der Waals surface area contributed by atoms with Crippen LogP contribution in [0.15, 0.2) is 54.6 Å². The zero-order chi connectivity index (χ0) is 15.1. The quantitative estimate of drug-likeness (QED) is 0.706. The first-order valence-electron chi connectivity index (χ1n) is 7.49. The summed E-state index contributed by atoms with van der Waals surface area (Å²) in [5, 5.41) is 0. The Hall–Kier alpha value is -1.96. The van der Waals surface area contributed by atoms with Crippen LogP contribution in [0.1, 0.15) is 32.8 Å². The largest absolute Gasteiger partial charge is 0.493 e. The summed E-state index contributed by atoms with van der Waals surface area (Å²) in [6.07, 6.45) is 1.10. The Balaban J connectivity index is 1.84. The van der Waals surface area contributed by atoms with Crippen molar-refractivity contribution in [2.45, 2.75) is 33.8 Å². The number of hydrogen-bond donors (Lipinski definition) is 0. The van der Waals surface area contributed by atoms with Crippen molar-refractivity contribution in [2.24, 2.45) is 5.41 Å². The first-order valence-corrected chi connectivity index (χ1v) is 7.49. The molecule has 0 aliphatic carbocycles. The van der Waals surface area contributed by atoms with Crippen molar-refractivity contribution in [1.29, 1.82) is 0 Å². The van der Waals surface area contributed by atoms with Crippen LogP contribution in [0.2, 0.25) is 0 Å². The van der Waals surface area contributed by atoms with Gasteiger partial charge in [-0.25, -0.2) is 0 Å². The minimum Gasteiger partial charge on any atom is -0.493 e. The van der Waals surface area contributed by atoms with Crippen LogP contribution in [0.5, 0.6) is 11.5 Å². The van der Waals surface area contributed by atoms with Crippen molar-refractivity contribution in [3.05, 3.63) is 60.2 Å². The van der Waals surface area contributed by atoms with E-state index in [2.05, 4.69) is 32.9 Å². The summed E-state index contributed by atoms with van der Waals surface area (Å²) in [6, 6.07) is 18.0. The van der Waals surface area contributed by atoms with Crippen LogP contribution >= 0.6 is 0 Å². The summed E-state index contributed by atoms with van der Waals surface area (Å²) in [5.74, 6) is 1.75. The molecule has 0 radical (unpaired) electrons. The van der Waals surface area contributed by atoms with Gasteiger partial charge < -0.3 is 9.47 Å². The van der Waals surface area contributed by atoms with Gasteiger partial charge in [0.25, 0.3) is 0 Å². The van der Waals surface area contributed by atoms with Crippen molar-refractivity contribution in [3.8, 4) is 11.5 Å². The zero-order valence-electron chi connectivity index (χ0n) is 13.1. The van der Waals surface area contributed by atoms with Gasteiger partial charge in [0.1, 0.15) is 18.1 Å². The van der Waals surface area contributed by atoms with E-state index in [0.717, 1.165) is 24.5 Å². The first-order chi connectivity index (χ1) is 10.1. The monoisotopic (exact) mass is 284 g/mol. The molecule has 2 nitrogen and oxygen atoms in total. The second-order valence-electron chi connectivity index (χ2n) is 6.05. The maximum absolute atomic E-state index is 5.82. The van der Waals surface area contributed by atoms with E-state index in [1.807, 2.05) is 42.5 Å². The summed E-state index contributed by atoms with van der Waals surface area (Å²) >= 11 is 0. The van der Waals surface area contributed by atoms with Gasteiger partial charge in [0, 0.05) is 0 Å². The lowest BCUT2D eigenvalue weighted by atomic mass is 9.92. The molecule has 0 aliphatic heterocycles. The van der Waals surface area contributed by atoms with E-state index in [9.17, 15) is 0 Å². The molecule has 2 aromatic rings. The highest BCUT2D eigenvalue weighted by atomic mass is 16.5. The molecule has 0 saturated heterocycles. The van der Waals surface area contributed by atoms with Crippen LogP contribution in [0.25, 0.3) is 0 Å². The number of rotatable bonds is 7. The van der Waals surface area contributed by atoms with Crippen molar-refractivity contribution in [3.63, 3.8) is 0 Å². The first kappa shape index (κ1) is 15.4. The van der Waals surface area contributed by atoms with E-state index >= 15 is 0 Å². The molecular weight excluding hydrogens is 260 g/mol. The third-order valence-corrected chi connectivity index (χ3v) is 3.66. The van der Waals surface area contributed by atoms with Crippen molar-refractivity contribution in [1.82, 2.24) is 0 Å². The maximum atomic E-state index is 5.82. The third-order valence-electron chi connectivity index (χ3n) is 3.66. The van der Waals surface area contributed by atoms with Gasteiger partial charge in [-0.2, -0.15) is 0 Å². The van der Waals surface area contributed by atoms with Gasteiger partial charge in [-0.15, -0.1) is 0 Å². The number of hydrogen-bond acceptors (Lipinski definition) is 2. The molecule has 0 spiro atoms. The fraction of sp³-hybridized carbons (Fsp3) is 0.368. The third kappa shape index (κ3) is 5.14. The Morgan fingerprint density at radius 1 is 0.810 bits per heavy atom. The molecule has 0 amide bonds. The van der Waals surface area contributed by atoms with Gasteiger partial charge in [-0.05, 0) is 41.7 Å². The maximum Gasteiger partial charge on any atom is 0.120 e. The van der Waals surface area contributed by atoms with Crippen LogP contribution in [-0.4, -0.2) is 6.61 Å². The number of benzene rings is 2. The Morgan fingerprint density at radius 2 is 1.38 bits per heavy atom. The van der Waals surface area contributed by atoms with Crippen LogP contribution in [0.4, 0.5) is 0 Å². The Kier molecular flexibility index (Phi) is 5.26. The van der Waals surface area contributed by atoms with E-state index in [1.165, 1.54) is 5.56 Å². The molecule has 0 fully saturated rings. The molecule has 0 heterocycles. The van der Waals surface area contributed by atoms with E-state index in [1.54, 1.807) is 0 Å². The van der Waals surface area contributed by atoms with Gasteiger partial charge in [-0.1, -0.05) is 51.1 Å². The molecule has 2 aromatic carbocycles. The van der Waals surface area contributed by atoms with E-state index < -0.39 is 0 Å². The molecule has 0 aromatic heterocycles. The lowest BCUT2D eigenvalue weighted by molar-refractivity contribution is 0.175. The molecular formula is C19H24O2. The van der Waals surface area contributed by atoms with Crippen LogP contribution in [-0.2, 0) is 6.61 Å². The lowest BCUT2D eigenvalue weighted by Gasteiger charge is -2.22. The predicted molar refractivity (Wildman–Crippen MR) is 86.8 cm³/mol. The Morgan fingerprint density at radius 3 is 1.95 bits per heavy atom. The van der Waals surface area contributed by atoms with Crippen LogP contribution in [0.3, 0.4) is 0 Å². The van der Waals surface area contributed by atoms with Gasteiger partial charge in [0.2, 0.25) is 0 Å². The SMILES string of the molecule is CCC(C)(C)COc1ccc(OCc2ccccc2)cc1. The molecule has 0 N–H and O–H groups in total. The summed E-state index contributed by atoms with van der Waals surface area (Å²) in [7, 11) is 0. The molecule has 2 heteroatoms. The molecule has 0 bridgehead atoms. The van der Waals surface area contributed by atoms with Gasteiger partial charge in [-0.3, -0.25) is 0 Å². The molecule has 2 rings (SSSR count). The molecule has 21 heavy (non-hydrogen) atoms. The van der Waals surface area contributed by atoms with Crippen molar-refractivity contribution < 1.29 is 9.47 Å². The molecule has 0 aliphatic rings. The number of ether oxygens (including phenoxy) is 2. The average molecular weight is 284 g/mol. The summed E-state index contributed by atoms with van der Waals surface area (Å²) in [4.78, 5) is 0. The van der Waals surface area contributed by atoms with Crippen LogP contribution in [0, 0.1) is 5.41 Å². The van der Waals surface area contributed by atoms with Gasteiger partial charge in [0.15, 0.2) is 0 Å². The predicted octanol–water partition coefficient (Wildman–Crippen LogP) is 5.08. The normalized spacial score (nSPS) is 11.2. The molecule has 0 saturated carbocycles. The minimum absolute atomic E-state index is 0.211. The molecule has 0 atom stereocenters. The highest BCUT2D eigenvalue weighted by Gasteiger charge is 2.15. The Bertz CT molecular complexity index is 529. The highest BCUT2D eigenvalue weighted by Crippen LogP contribution is 2.23. The topological polar surface area (TPSA) is 18.5 Å². The minimum atomic E-state index is 0.211. The smallest absolute Gasteiger partial charge is 0.120 e. The average Bonchev–Trinajstić information content (AvgIpc) is 2.53. The van der Waals surface area contributed by atoms with E-state index in [0.29, 0.717) is 6.61 Å². The standard InChI is InChI=1S/C19H24O2/c1-4-19(2,3)15-21-18-12-10-17(11-13-18)20-14-16-8-6-5-7-9-16/h5-13H,4,14-15H2,1-3H3. The molecule has 112 valence electrons. The van der Waals surface area contributed by atoms with Crippen LogP contribution < -0.4 is 9.47 Å².